The molecule has 2 amide bonds. The van der Waals surface area contributed by atoms with Crippen molar-refractivity contribution in [3.63, 3.8) is 0 Å². The lowest BCUT2D eigenvalue weighted by atomic mass is 9.92. The van der Waals surface area contributed by atoms with Gasteiger partial charge in [-0.1, -0.05) is 13.8 Å². The molecular weight excluding hydrogens is 152 g/mol. The SMILES string of the molecule is CC(C)[C@@H]1CC[C@H]2CN1C(=O)N2. The van der Waals surface area contributed by atoms with Gasteiger partial charge in [-0.25, -0.2) is 4.79 Å². The van der Waals surface area contributed by atoms with Crippen LogP contribution in [0, 0.1) is 5.92 Å². The summed E-state index contributed by atoms with van der Waals surface area (Å²) in [6, 6.07) is 1.06. The Morgan fingerprint density at radius 1 is 1.50 bits per heavy atom. The first kappa shape index (κ1) is 7.90. The molecule has 0 unspecified atom stereocenters. The van der Waals surface area contributed by atoms with Crippen LogP contribution in [-0.2, 0) is 0 Å². The summed E-state index contributed by atoms with van der Waals surface area (Å²) in [6.07, 6.45) is 2.33. The third-order valence-corrected chi connectivity index (χ3v) is 2.99. The Labute approximate surface area is 73.1 Å². The second-order valence-electron chi connectivity index (χ2n) is 4.19. The van der Waals surface area contributed by atoms with Crippen LogP contribution in [0.2, 0.25) is 0 Å². The van der Waals surface area contributed by atoms with E-state index in [1.54, 1.807) is 0 Å². The van der Waals surface area contributed by atoms with Crippen LogP contribution < -0.4 is 5.32 Å². The van der Waals surface area contributed by atoms with Gasteiger partial charge < -0.3 is 10.2 Å². The first-order valence-electron chi connectivity index (χ1n) is 4.75. The van der Waals surface area contributed by atoms with Crippen molar-refractivity contribution in [3.8, 4) is 0 Å². The number of carbonyl (C=O) groups is 1. The summed E-state index contributed by atoms with van der Waals surface area (Å²) in [5.41, 5.74) is 0. The zero-order valence-electron chi connectivity index (χ0n) is 7.71. The van der Waals surface area contributed by atoms with Crippen molar-refractivity contribution < 1.29 is 4.79 Å². The summed E-state index contributed by atoms with van der Waals surface area (Å²) in [4.78, 5) is 13.4. The van der Waals surface area contributed by atoms with Crippen molar-refractivity contribution >= 4 is 6.03 Å². The molecule has 0 aliphatic carbocycles. The molecule has 2 bridgehead atoms. The lowest BCUT2D eigenvalue weighted by molar-refractivity contribution is 0.158. The van der Waals surface area contributed by atoms with Gasteiger partial charge in [0.2, 0.25) is 0 Å². The van der Waals surface area contributed by atoms with Crippen LogP contribution in [0.4, 0.5) is 4.79 Å². The van der Waals surface area contributed by atoms with E-state index >= 15 is 0 Å². The Bertz CT molecular complexity index is 203. The molecule has 0 radical (unpaired) electrons. The third-order valence-electron chi connectivity index (χ3n) is 2.99. The van der Waals surface area contributed by atoms with E-state index in [0.29, 0.717) is 18.0 Å². The standard InChI is InChI=1S/C9H16N2O/c1-6(2)8-4-3-7-5-11(8)9(12)10-7/h6-8H,3-5H2,1-2H3,(H,10,12)/t7-,8-/m0/s1. The van der Waals surface area contributed by atoms with Crippen LogP contribution in [0.1, 0.15) is 26.7 Å². The lowest BCUT2D eigenvalue weighted by Crippen LogP contribution is -2.43. The van der Waals surface area contributed by atoms with Gasteiger partial charge in [0.25, 0.3) is 0 Å². The number of nitrogens with zero attached hydrogens (tertiary/aromatic N) is 1. The maximum atomic E-state index is 11.4. The topological polar surface area (TPSA) is 32.3 Å². The first-order chi connectivity index (χ1) is 5.68. The summed E-state index contributed by atoms with van der Waals surface area (Å²) in [7, 11) is 0. The Hall–Kier alpha value is -0.730. The van der Waals surface area contributed by atoms with E-state index in [4.69, 9.17) is 0 Å². The molecule has 0 saturated carbocycles. The summed E-state index contributed by atoms with van der Waals surface area (Å²) in [5, 5.41) is 2.99. The maximum absolute atomic E-state index is 11.4. The first-order valence-corrected chi connectivity index (χ1v) is 4.75. The number of fused-ring (bicyclic) bond motifs is 2. The molecule has 3 nitrogen and oxygen atoms in total. The molecule has 2 heterocycles. The van der Waals surface area contributed by atoms with Gasteiger partial charge in [-0.2, -0.15) is 0 Å². The summed E-state index contributed by atoms with van der Waals surface area (Å²) in [5.74, 6) is 0.592. The maximum Gasteiger partial charge on any atom is 0.318 e. The van der Waals surface area contributed by atoms with Crippen molar-refractivity contribution in [2.24, 2.45) is 5.92 Å². The van der Waals surface area contributed by atoms with Crippen LogP contribution in [0.5, 0.6) is 0 Å². The van der Waals surface area contributed by atoms with Crippen molar-refractivity contribution in [1.82, 2.24) is 10.2 Å². The van der Waals surface area contributed by atoms with Gasteiger partial charge in [-0.3, -0.25) is 0 Å². The largest absolute Gasteiger partial charge is 0.333 e. The van der Waals surface area contributed by atoms with Crippen LogP contribution in [-0.4, -0.2) is 29.6 Å². The highest BCUT2D eigenvalue weighted by Gasteiger charge is 2.39. The van der Waals surface area contributed by atoms with E-state index in [0.717, 1.165) is 13.0 Å². The molecule has 0 aromatic heterocycles. The molecule has 2 rings (SSSR count). The third kappa shape index (κ3) is 1.08. The van der Waals surface area contributed by atoms with Gasteiger partial charge in [-0.15, -0.1) is 0 Å². The average molecular weight is 168 g/mol. The van der Waals surface area contributed by atoms with Crippen molar-refractivity contribution in [3.05, 3.63) is 0 Å². The minimum atomic E-state index is 0.149. The van der Waals surface area contributed by atoms with Crippen LogP contribution >= 0.6 is 0 Å². The Kier molecular flexibility index (Phi) is 1.74. The molecule has 1 N–H and O–H groups in total. The number of amides is 2. The lowest BCUT2D eigenvalue weighted by Gasteiger charge is -2.33. The van der Waals surface area contributed by atoms with Gasteiger partial charge in [0.1, 0.15) is 0 Å². The number of hydrogen-bond donors (Lipinski definition) is 1. The smallest absolute Gasteiger partial charge is 0.318 e. The molecule has 2 fully saturated rings. The molecule has 0 spiro atoms. The van der Waals surface area contributed by atoms with Gasteiger partial charge in [0.15, 0.2) is 0 Å². The highest BCUT2D eigenvalue weighted by molar-refractivity contribution is 5.77. The molecule has 12 heavy (non-hydrogen) atoms. The van der Waals surface area contributed by atoms with E-state index in [1.165, 1.54) is 6.42 Å². The van der Waals surface area contributed by atoms with E-state index in [9.17, 15) is 4.79 Å². The fraction of sp³-hybridized carbons (Fsp3) is 0.889. The van der Waals surface area contributed by atoms with E-state index < -0.39 is 0 Å². The minimum absolute atomic E-state index is 0.149. The average Bonchev–Trinajstić information content (AvgIpc) is 2.28. The predicted molar refractivity (Wildman–Crippen MR) is 46.9 cm³/mol. The Balaban J connectivity index is 2.13. The Morgan fingerprint density at radius 3 is 2.92 bits per heavy atom. The Morgan fingerprint density at radius 2 is 2.25 bits per heavy atom. The molecule has 2 aliphatic heterocycles. The number of carbonyl (C=O) groups excluding carboxylic acids is 1. The van der Waals surface area contributed by atoms with Gasteiger partial charge >= 0.3 is 6.03 Å². The molecule has 0 aromatic carbocycles. The van der Waals surface area contributed by atoms with Crippen LogP contribution in [0.3, 0.4) is 0 Å². The second kappa shape index (κ2) is 2.64. The zero-order chi connectivity index (χ0) is 8.72. The number of piperidine rings is 1. The predicted octanol–water partition coefficient (Wildman–Crippen LogP) is 1.20. The highest BCUT2D eigenvalue weighted by atomic mass is 16.2. The monoisotopic (exact) mass is 168 g/mol. The van der Waals surface area contributed by atoms with Crippen molar-refractivity contribution in [1.29, 1.82) is 0 Å². The van der Waals surface area contributed by atoms with Crippen molar-refractivity contribution in [2.75, 3.05) is 6.54 Å². The quantitative estimate of drug-likeness (QED) is 0.627. The highest BCUT2D eigenvalue weighted by Crippen LogP contribution is 2.27. The summed E-state index contributed by atoms with van der Waals surface area (Å²) >= 11 is 0. The van der Waals surface area contributed by atoms with Crippen molar-refractivity contribution in [2.45, 2.75) is 38.8 Å². The molecule has 3 heteroatoms. The normalized spacial score (nSPS) is 34.2. The van der Waals surface area contributed by atoms with E-state index in [1.807, 2.05) is 4.90 Å². The van der Waals surface area contributed by atoms with E-state index in [2.05, 4.69) is 19.2 Å². The molecule has 2 aliphatic rings. The van der Waals surface area contributed by atoms with E-state index in [-0.39, 0.29) is 6.03 Å². The number of nitrogens with one attached hydrogen (secondary N) is 1. The van der Waals surface area contributed by atoms with Gasteiger partial charge in [0.05, 0.1) is 0 Å². The van der Waals surface area contributed by atoms with Gasteiger partial charge in [-0.05, 0) is 18.8 Å². The molecule has 68 valence electrons. The van der Waals surface area contributed by atoms with Crippen LogP contribution in [0.25, 0.3) is 0 Å². The molecular formula is C9H16N2O. The molecule has 2 atom stereocenters. The minimum Gasteiger partial charge on any atom is -0.333 e. The molecule has 2 saturated heterocycles. The second-order valence-corrected chi connectivity index (χ2v) is 4.19. The summed E-state index contributed by atoms with van der Waals surface area (Å²) < 4.78 is 0. The fourth-order valence-corrected chi connectivity index (χ4v) is 2.29. The summed E-state index contributed by atoms with van der Waals surface area (Å²) in [6.45, 7) is 5.31. The number of rotatable bonds is 1. The number of urea groups is 1. The zero-order valence-corrected chi connectivity index (χ0v) is 7.71. The number of hydrogen-bond acceptors (Lipinski definition) is 1. The molecule has 0 aromatic rings. The fourth-order valence-electron chi connectivity index (χ4n) is 2.29. The van der Waals surface area contributed by atoms with Gasteiger partial charge in [0, 0.05) is 18.6 Å². The van der Waals surface area contributed by atoms with Crippen LogP contribution in [0.15, 0.2) is 0 Å².